The zero-order valence-electron chi connectivity index (χ0n) is 19.0. The van der Waals surface area contributed by atoms with Crippen LogP contribution in [0.5, 0.6) is 0 Å². The molecule has 2 aromatic carbocycles. The Bertz CT molecular complexity index is 1020. The van der Waals surface area contributed by atoms with Crippen molar-refractivity contribution in [2.24, 2.45) is 5.92 Å². The molecule has 2 fully saturated rings. The summed E-state index contributed by atoms with van der Waals surface area (Å²) in [5.74, 6) is -1.14. The summed E-state index contributed by atoms with van der Waals surface area (Å²) in [5.41, 5.74) is 1.55. The normalized spacial score (nSPS) is 18.7. The summed E-state index contributed by atoms with van der Waals surface area (Å²) in [4.78, 5) is 42.1. The van der Waals surface area contributed by atoms with Gasteiger partial charge in [0.1, 0.15) is 0 Å². The monoisotopic (exact) mass is 484 g/mol. The molecule has 2 saturated heterocycles. The second-order valence-corrected chi connectivity index (χ2v) is 8.92. The van der Waals surface area contributed by atoms with Crippen LogP contribution in [0.4, 0.5) is 11.4 Å². The summed E-state index contributed by atoms with van der Waals surface area (Å²) in [6.07, 6.45) is 0.954. The van der Waals surface area contributed by atoms with E-state index in [2.05, 4.69) is 15.5 Å². The number of nitrogens with one attached hydrogen (secondary N) is 2. The van der Waals surface area contributed by atoms with Crippen molar-refractivity contribution in [1.29, 1.82) is 0 Å². The maximum atomic E-state index is 12.9. The van der Waals surface area contributed by atoms with E-state index >= 15 is 0 Å². The third kappa shape index (κ3) is 6.14. The van der Waals surface area contributed by atoms with Gasteiger partial charge in [-0.2, -0.15) is 0 Å². The Morgan fingerprint density at radius 3 is 2.56 bits per heavy atom. The van der Waals surface area contributed by atoms with Crippen molar-refractivity contribution in [3.8, 4) is 0 Å². The average Bonchev–Trinajstić information content (AvgIpc) is 3.25. The average molecular weight is 485 g/mol. The number of benzene rings is 2. The van der Waals surface area contributed by atoms with Gasteiger partial charge in [-0.1, -0.05) is 23.7 Å². The SMILES string of the molecule is O=C(NCCCN1CCOCC1)c1ccccc1NC(=O)[C@H]1CC(=O)N(c2ccc(Cl)cc2)C1. The summed E-state index contributed by atoms with van der Waals surface area (Å²) in [6.45, 7) is 5.08. The van der Waals surface area contributed by atoms with E-state index in [1.165, 1.54) is 0 Å². The number of morpholine rings is 1. The molecule has 0 bridgehead atoms. The van der Waals surface area contributed by atoms with Gasteiger partial charge in [-0.25, -0.2) is 0 Å². The molecule has 2 heterocycles. The quantitative estimate of drug-likeness (QED) is 0.562. The van der Waals surface area contributed by atoms with Crippen LogP contribution in [-0.2, 0) is 14.3 Å². The molecule has 34 heavy (non-hydrogen) atoms. The molecule has 0 saturated carbocycles. The van der Waals surface area contributed by atoms with Crippen molar-refractivity contribution in [3.63, 3.8) is 0 Å². The Hall–Kier alpha value is -2.94. The van der Waals surface area contributed by atoms with Crippen molar-refractivity contribution in [2.45, 2.75) is 12.8 Å². The van der Waals surface area contributed by atoms with Gasteiger partial charge in [0, 0.05) is 43.3 Å². The van der Waals surface area contributed by atoms with Gasteiger partial charge in [-0.3, -0.25) is 19.3 Å². The van der Waals surface area contributed by atoms with Gasteiger partial charge in [0.25, 0.3) is 5.91 Å². The van der Waals surface area contributed by atoms with E-state index in [0.29, 0.717) is 28.5 Å². The van der Waals surface area contributed by atoms with Crippen molar-refractivity contribution >= 4 is 40.7 Å². The van der Waals surface area contributed by atoms with Gasteiger partial charge in [-0.05, 0) is 49.4 Å². The summed E-state index contributed by atoms with van der Waals surface area (Å²) in [7, 11) is 0. The molecule has 2 aliphatic rings. The van der Waals surface area contributed by atoms with Gasteiger partial charge in [0.15, 0.2) is 0 Å². The number of amides is 3. The van der Waals surface area contributed by atoms with Crippen molar-refractivity contribution < 1.29 is 19.1 Å². The van der Waals surface area contributed by atoms with E-state index in [9.17, 15) is 14.4 Å². The highest BCUT2D eigenvalue weighted by atomic mass is 35.5. The number of hydrogen-bond donors (Lipinski definition) is 2. The molecule has 180 valence electrons. The first-order chi connectivity index (χ1) is 16.5. The minimum absolute atomic E-state index is 0.115. The minimum atomic E-state index is -0.507. The van der Waals surface area contributed by atoms with E-state index in [0.717, 1.165) is 39.3 Å². The van der Waals surface area contributed by atoms with E-state index in [1.54, 1.807) is 53.4 Å². The van der Waals surface area contributed by atoms with Crippen LogP contribution in [0.1, 0.15) is 23.2 Å². The number of rotatable bonds is 8. The summed E-state index contributed by atoms with van der Waals surface area (Å²) < 4.78 is 5.35. The lowest BCUT2D eigenvalue weighted by Crippen LogP contribution is -2.38. The first-order valence-electron chi connectivity index (χ1n) is 11.6. The number of ether oxygens (including phenoxy) is 1. The molecule has 2 aliphatic heterocycles. The fourth-order valence-corrected chi connectivity index (χ4v) is 4.33. The maximum absolute atomic E-state index is 12.9. The van der Waals surface area contributed by atoms with Gasteiger partial charge >= 0.3 is 0 Å². The first kappa shape index (κ1) is 24.2. The lowest BCUT2D eigenvalue weighted by atomic mass is 10.1. The predicted octanol–water partition coefficient (Wildman–Crippen LogP) is 2.78. The zero-order valence-corrected chi connectivity index (χ0v) is 19.7. The highest BCUT2D eigenvalue weighted by Crippen LogP contribution is 2.27. The molecule has 3 amide bonds. The number of carbonyl (C=O) groups is 3. The Kier molecular flexibility index (Phi) is 8.16. The van der Waals surface area contributed by atoms with Crippen molar-refractivity contribution in [3.05, 3.63) is 59.1 Å². The number of hydrogen-bond acceptors (Lipinski definition) is 5. The van der Waals surface area contributed by atoms with Crippen LogP contribution < -0.4 is 15.5 Å². The molecule has 0 unspecified atom stereocenters. The molecule has 0 aromatic heterocycles. The number of para-hydroxylation sites is 1. The highest BCUT2D eigenvalue weighted by Gasteiger charge is 2.35. The van der Waals surface area contributed by atoms with Crippen LogP contribution in [0.3, 0.4) is 0 Å². The molecule has 9 heteroatoms. The molecule has 1 atom stereocenters. The fourth-order valence-electron chi connectivity index (χ4n) is 4.20. The standard InChI is InChI=1S/C25H29ClN4O4/c26-19-6-8-20(9-7-19)30-17-18(16-23(30)31)24(32)28-22-5-2-1-4-21(22)25(33)27-10-3-11-29-12-14-34-15-13-29/h1-2,4-9,18H,3,10-17H2,(H,27,33)(H,28,32)/t18-/m0/s1. The van der Waals surface area contributed by atoms with Crippen molar-refractivity contribution in [1.82, 2.24) is 10.2 Å². The van der Waals surface area contributed by atoms with Crippen LogP contribution >= 0.6 is 11.6 Å². The Morgan fingerprint density at radius 2 is 1.79 bits per heavy atom. The molecule has 4 rings (SSSR count). The summed E-state index contributed by atoms with van der Waals surface area (Å²) in [6, 6.07) is 13.9. The largest absolute Gasteiger partial charge is 0.379 e. The number of nitrogens with zero attached hydrogens (tertiary/aromatic N) is 2. The van der Waals surface area contributed by atoms with E-state index in [-0.39, 0.29) is 30.7 Å². The van der Waals surface area contributed by atoms with Gasteiger partial charge < -0.3 is 20.3 Å². The van der Waals surface area contributed by atoms with Gasteiger partial charge in [0.05, 0.1) is 30.4 Å². The van der Waals surface area contributed by atoms with E-state index in [4.69, 9.17) is 16.3 Å². The van der Waals surface area contributed by atoms with Crippen LogP contribution in [-0.4, -0.2) is 68.6 Å². The number of halogens is 1. The second kappa shape index (κ2) is 11.5. The molecule has 0 spiro atoms. The second-order valence-electron chi connectivity index (χ2n) is 8.48. The molecule has 0 aliphatic carbocycles. The topological polar surface area (TPSA) is 91.0 Å². The molecule has 2 aromatic rings. The lowest BCUT2D eigenvalue weighted by Gasteiger charge is -2.26. The third-order valence-electron chi connectivity index (χ3n) is 6.10. The zero-order chi connectivity index (χ0) is 23.9. The predicted molar refractivity (Wildman–Crippen MR) is 131 cm³/mol. The Labute approximate surface area is 204 Å². The number of carbonyl (C=O) groups excluding carboxylic acids is 3. The third-order valence-corrected chi connectivity index (χ3v) is 6.36. The Morgan fingerprint density at radius 1 is 1.06 bits per heavy atom. The Balaban J connectivity index is 1.31. The summed E-state index contributed by atoms with van der Waals surface area (Å²) >= 11 is 5.93. The lowest BCUT2D eigenvalue weighted by molar-refractivity contribution is -0.122. The maximum Gasteiger partial charge on any atom is 0.253 e. The van der Waals surface area contributed by atoms with Crippen LogP contribution in [0.15, 0.2) is 48.5 Å². The van der Waals surface area contributed by atoms with Gasteiger partial charge in [-0.15, -0.1) is 0 Å². The van der Waals surface area contributed by atoms with Crippen LogP contribution in [0.2, 0.25) is 5.02 Å². The molecular formula is C25H29ClN4O4. The number of anilines is 2. The fraction of sp³-hybridized carbons (Fsp3) is 0.400. The first-order valence-corrected chi connectivity index (χ1v) is 11.9. The van der Waals surface area contributed by atoms with E-state index < -0.39 is 5.92 Å². The van der Waals surface area contributed by atoms with Crippen LogP contribution in [0.25, 0.3) is 0 Å². The molecular weight excluding hydrogens is 456 g/mol. The van der Waals surface area contributed by atoms with E-state index in [1.807, 2.05) is 0 Å². The van der Waals surface area contributed by atoms with Gasteiger partial charge in [0.2, 0.25) is 11.8 Å². The van der Waals surface area contributed by atoms with Crippen molar-refractivity contribution in [2.75, 3.05) is 56.2 Å². The molecule has 8 nitrogen and oxygen atoms in total. The summed E-state index contributed by atoms with van der Waals surface area (Å²) in [5, 5.41) is 6.38. The minimum Gasteiger partial charge on any atom is -0.379 e. The molecule has 2 N–H and O–H groups in total. The highest BCUT2D eigenvalue weighted by molar-refractivity contribution is 6.30. The smallest absolute Gasteiger partial charge is 0.253 e. The molecule has 0 radical (unpaired) electrons. The van der Waals surface area contributed by atoms with Crippen LogP contribution in [0, 0.1) is 5.92 Å².